The number of rotatable bonds is 6. The molecule has 2 aliphatic rings. The summed E-state index contributed by atoms with van der Waals surface area (Å²) in [6, 6.07) is 15.4. The Morgan fingerprint density at radius 3 is 2.58 bits per heavy atom. The lowest BCUT2D eigenvalue weighted by Gasteiger charge is -2.38. The standard InChI is InChI=1S/C27H33N3O3/c1-5-14-28-24(32)17-30-22-9-7-6-8-20(22)29-21-15-27(2,3)16-23(31)25(21)26(30)18-10-12-19(33-4)13-11-18/h6-13,26,29H,5,14-17H2,1-4H3,(H,28,32)/t26-/m1/s1. The van der Waals surface area contributed by atoms with Gasteiger partial charge in [0.05, 0.1) is 31.1 Å². The molecule has 2 N–H and O–H groups in total. The summed E-state index contributed by atoms with van der Waals surface area (Å²) in [6.07, 6.45) is 2.12. The number of fused-ring (bicyclic) bond motifs is 1. The third-order valence-electron chi connectivity index (χ3n) is 6.32. The smallest absolute Gasteiger partial charge is 0.239 e. The van der Waals surface area contributed by atoms with Crippen LogP contribution in [0.1, 0.15) is 51.6 Å². The Kier molecular flexibility index (Phi) is 6.45. The van der Waals surface area contributed by atoms with E-state index in [1.807, 2.05) is 55.5 Å². The maximum atomic E-state index is 13.6. The molecular weight excluding hydrogens is 414 g/mol. The fraction of sp³-hybridized carbons (Fsp3) is 0.407. The molecule has 0 fully saturated rings. The van der Waals surface area contributed by atoms with Gasteiger partial charge in [0.1, 0.15) is 5.75 Å². The molecule has 1 aliphatic carbocycles. The summed E-state index contributed by atoms with van der Waals surface area (Å²) in [6.45, 7) is 7.08. The van der Waals surface area contributed by atoms with E-state index in [4.69, 9.17) is 4.74 Å². The highest BCUT2D eigenvalue weighted by molar-refractivity contribution is 6.01. The molecule has 1 aliphatic heterocycles. The van der Waals surface area contributed by atoms with Crippen LogP contribution in [0, 0.1) is 5.41 Å². The number of hydrogen-bond donors (Lipinski definition) is 2. The van der Waals surface area contributed by atoms with Gasteiger partial charge in [-0.1, -0.05) is 45.0 Å². The second-order valence-electron chi connectivity index (χ2n) is 9.63. The minimum atomic E-state index is -0.377. The molecule has 6 heteroatoms. The number of ketones is 1. The van der Waals surface area contributed by atoms with Crippen LogP contribution in [0.4, 0.5) is 11.4 Å². The van der Waals surface area contributed by atoms with Crippen molar-refractivity contribution >= 4 is 23.1 Å². The largest absolute Gasteiger partial charge is 0.497 e. The van der Waals surface area contributed by atoms with Crippen LogP contribution >= 0.6 is 0 Å². The highest BCUT2D eigenvalue weighted by Crippen LogP contribution is 2.48. The van der Waals surface area contributed by atoms with Crippen molar-refractivity contribution in [3.8, 4) is 5.75 Å². The molecule has 33 heavy (non-hydrogen) atoms. The van der Waals surface area contributed by atoms with E-state index >= 15 is 0 Å². The average molecular weight is 448 g/mol. The lowest BCUT2D eigenvalue weighted by molar-refractivity contribution is -0.120. The van der Waals surface area contributed by atoms with Gasteiger partial charge in [0.25, 0.3) is 0 Å². The Labute approximate surface area is 196 Å². The van der Waals surface area contributed by atoms with E-state index in [2.05, 4.69) is 29.4 Å². The second-order valence-corrected chi connectivity index (χ2v) is 9.63. The molecule has 2 aromatic rings. The van der Waals surface area contributed by atoms with Crippen molar-refractivity contribution in [3.05, 3.63) is 65.4 Å². The van der Waals surface area contributed by atoms with Gasteiger partial charge in [-0.05, 0) is 48.1 Å². The van der Waals surface area contributed by atoms with Crippen LogP contribution in [0.2, 0.25) is 0 Å². The number of para-hydroxylation sites is 2. The molecule has 174 valence electrons. The number of hydrogen-bond acceptors (Lipinski definition) is 5. The number of carbonyl (C=O) groups excluding carboxylic acids is 2. The third-order valence-corrected chi connectivity index (χ3v) is 6.32. The SMILES string of the molecule is CCCNC(=O)CN1c2ccccc2NC2=C(C(=O)CC(C)(C)C2)[C@H]1c1ccc(OC)cc1. The summed E-state index contributed by atoms with van der Waals surface area (Å²) in [5.74, 6) is 0.822. The Balaban J connectivity index is 1.89. The van der Waals surface area contributed by atoms with E-state index in [0.29, 0.717) is 13.0 Å². The Morgan fingerprint density at radius 1 is 1.15 bits per heavy atom. The molecule has 1 amide bonds. The molecule has 0 saturated carbocycles. The van der Waals surface area contributed by atoms with Crippen LogP contribution in [0.5, 0.6) is 5.75 Å². The first-order valence-corrected chi connectivity index (χ1v) is 11.6. The molecule has 1 atom stereocenters. The Hall–Kier alpha value is -3.28. The first kappa shape index (κ1) is 22.9. The number of ether oxygens (including phenoxy) is 1. The summed E-state index contributed by atoms with van der Waals surface area (Å²) >= 11 is 0. The van der Waals surface area contributed by atoms with Crippen molar-refractivity contribution in [2.24, 2.45) is 5.41 Å². The summed E-state index contributed by atoms with van der Waals surface area (Å²) < 4.78 is 5.36. The Morgan fingerprint density at radius 2 is 1.88 bits per heavy atom. The molecule has 0 saturated heterocycles. The van der Waals surface area contributed by atoms with Crippen molar-refractivity contribution < 1.29 is 14.3 Å². The fourth-order valence-corrected chi connectivity index (χ4v) is 4.84. The molecule has 0 spiro atoms. The number of amides is 1. The first-order valence-electron chi connectivity index (χ1n) is 11.6. The van der Waals surface area contributed by atoms with Gasteiger partial charge in [-0.3, -0.25) is 9.59 Å². The van der Waals surface area contributed by atoms with Crippen molar-refractivity contribution in [1.29, 1.82) is 0 Å². The van der Waals surface area contributed by atoms with Crippen molar-refractivity contribution in [2.75, 3.05) is 30.4 Å². The van der Waals surface area contributed by atoms with Gasteiger partial charge in [-0.2, -0.15) is 0 Å². The number of nitrogens with zero attached hydrogens (tertiary/aromatic N) is 1. The van der Waals surface area contributed by atoms with Gasteiger partial charge in [0.2, 0.25) is 5.91 Å². The lowest BCUT2D eigenvalue weighted by atomic mass is 9.73. The fourth-order valence-electron chi connectivity index (χ4n) is 4.84. The van der Waals surface area contributed by atoms with E-state index < -0.39 is 0 Å². The molecule has 0 radical (unpaired) electrons. The molecule has 0 bridgehead atoms. The maximum Gasteiger partial charge on any atom is 0.239 e. The quantitative estimate of drug-likeness (QED) is 0.663. The molecule has 4 rings (SSSR count). The lowest BCUT2D eigenvalue weighted by Crippen LogP contribution is -2.42. The van der Waals surface area contributed by atoms with Crippen molar-refractivity contribution in [2.45, 2.75) is 46.1 Å². The van der Waals surface area contributed by atoms with Crippen molar-refractivity contribution in [3.63, 3.8) is 0 Å². The normalized spacial score (nSPS) is 19.2. The van der Waals surface area contributed by atoms with E-state index in [0.717, 1.165) is 46.8 Å². The number of benzene rings is 2. The maximum absolute atomic E-state index is 13.6. The topological polar surface area (TPSA) is 70.7 Å². The average Bonchev–Trinajstić information content (AvgIpc) is 2.91. The number of anilines is 2. The molecule has 6 nitrogen and oxygen atoms in total. The highest BCUT2D eigenvalue weighted by Gasteiger charge is 2.41. The van der Waals surface area contributed by atoms with Gasteiger partial charge in [0, 0.05) is 24.2 Å². The zero-order valence-corrected chi connectivity index (χ0v) is 19.9. The molecule has 2 aromatic carbocycles. The van der Waals surface area contributed by atoms with Gasteiger partial charge in [-0.15, -0.1) is 0 Å². The van der Waals surface area contributed by atoms with E-state index in [9.17, 15) is 9.59 Å². The minimum absolute atomic E-state index is 0.0576. The summed E-state index contributed by atoms with van der Waals surface area (Å²) in [7, 11) is 1.64. The summed E-state index contributed by atoms with van der Waals surface area (Å²) in [5, 5.41) is 6.57. The molecule has 0 unspecified atom stereocenters. The van der Waals surface area contributed by atoms with Crippen LogP contribution in [0.25, 0.3) is 0 Å². The molecular formula is C27H33N3O3. The highest BCUT2D eigenvalue weighted by atomic mass is 16.5. The van der Waals surface area contributed by atoms with Crippen LogP contribution in [0.15, 0.2) is 59.8 Å². The van der Waals surface area contributed by atoms with Crippen LogP contribution in [-0.4, -0.2) is 31.9 Å². The zero-order valence-electron chi connectivity index (χ0n) is 19.9. The minimum Gasteiger partial charge on any atom is -0.497 e. The van der Waals surface area contributed by atoms with E-state index in [1.165, 1.54) is 0 Å². The number of carbonyl (C=O) groups is 2. The van der Waals surface area contributed by atoms with Crippen LogP contribution in [0.3, 0.4) is 0 Å². The molecule has 1 heterocycles. The monoisotopic (exact) mass is 447 g/mol. The number of methoxy groups -OCH3 is 1. The van der Waals surface area contributed by atoms with Gasteiger partial charge >= 0.3 is 0 Å². The third kappa shape index (κ3) is 4.75. The molecule has 0 aromatic heterocycles. The predicted molar refractivity (Wildman–Crippen MR) is 131 cm³/mol. The number of allylic oxidation sites excluding steroid dienone is 1. The summed E-state index contributed by atoms with van der Waals surface area (Å²) in [5.41, 5.74) is 4.34. The van der Waals surface area contributed by atoms with Gasteiger partial charge < -0.3 is 20.3 Å². The predicted octanol–water partition coefficient (Wildman–Crippen LogP) is 4.84. The number of Topliss-reactive ketones (excluding diaryl/α,β-unsaturated/α-hetero) is 1. The number of nitrogens with one attached hydrogen (secondary N) is 2. The van der Waals surface area contributed by atoms with Crippen LogP contribution < -0.4 is 20.3 Å². The van der Waals surface area contributed by atoms with E-state index in [1.54, 1.807) is 7.11 Å². The van der Waals surface area contributed by atoms with Crippen LogP contribution in [-0.2, 0) is 9.59 Å². The van der Waals surface area contributed by atoms with Gasteiger partial charge in [-0.25, -0.2) is 0 Å². The second kappa shape index (κ2) is 9.30. The Bertz CT molecular complexity index is 1070. The van der Waals surface area contributed by atoms with Gasteiger partial charge in [0.15, 0.2) is 5.78 Å². The van der Waals surface area contributed by atoms with Crippen molar-refractivity contribution in [1.82, 2.24) is 5.32 Å². The summed E-state index contributed by atoms with van der Waals surface area (Å²) in [4.78, 5) is 28.6. The zero-order chi connectivity index (χ0) is 23.6. The first-order chi connectivity index (χ1) is 15.8. The van der Waals surface area contributed by atoms with E-state index in [-0.39, 0.29) is 29.7 Å².